The van der Waals surface area contributed by atoms with E-state index in [1.165, 1.54) is 0 Å². The average Bonchev–Trinajstić information content (AvgIpc) is 2.33. The van der Waals surface area contributed by atoms with E-state index < -0.39 is 0 Å². The number of hydrogen-bond acceptors (Lipinski definition) is 2. The van der Waals surface area contributed by atoms with Crippen molar-refractivity contribution < 1.29 is 0 Å². The lowest BCUT2D eigenvalue weighted by atomic mass is 10.3. The van der Waals surface area contributed by atoms with Crippen molar-refractivity contribution in [1.82, 2.24) is 9.97 Å². The first kappa shape index (κ1) is 8.74. The summed E-state index contributed by atoms with van der Waals surface area (Å²) in [5.74, 6) is 0.848. The summed E-state index contributed by atoms with van der Waals surface area (Å²) in [5, 5.41) is 0. The van der Waals surface area contributed by atoms with Gasteiger partial charge < -0.3 is 10.7 Å². The van der Waals surface area contributed by atoms with E-state index in [1.54, 1.807) is 0 Å². The van der Waals surface area contributed by atoms with E-state index in [2.05, 4.69) is 32.8 Å². The van der Waals surface area contributed by atoms with Crippen LogP contribution in [0.5, 0.6) is 0 Å². The van der Waals surface area contributed by atoms with Crippen molar-refractivity contribution in [2.24, 2.45) is 5.73 Å². The minimum Gasteiger partial charge on any atom is -0.344 e. The van der Waals surface area contributed by atoms with Crippen molar-refractivity contribution in [2.45, 2.75) is 26.3 Å². The van der Waals surface area contributed by atoms with Crippen molar-refractivity contribution in [3.63, 3.8) is 0 Å². The second kappa shape index (κ2) is 3.88. The molecule has 1 rings (SSSR count). The molecule has 0 bridgehead atoms. The van der Waals surface area contributed by atoms with Crippen LogP contribution >= 0.6 is 15.9 Å². The van der Waals surface area contributed by atoms with Crippen LogP contribution in [0.15, 0.2) is 4.60 Å². The summed E-state index contributed by atoms with van der Waals surface area (Å²) in [4.78, 5) is 7.33. The van der Waals surface area contributed by atoms with Crippen molar-refractivity contribution in [3.05, 3.63) is 16.1 Å². The van der Waals surface area contributed by atoms with Gasteiger partial charge in [-0.3, -0.25) is 0 Å². The second-order valence-corrected chi connectivity index (χ2v) is 3.16. The first-order chi connectivity index (χ1) is 5.27. The molecule has 1 heterocycles. The minimum absolute atomic E-state index is 0.475. The van der Waals surface area contributed by atoms with Crippen molar-refractivity contribution in [2.75, 3.05) is 0 Å². The summed E-state index contributed by atoms with van der Waals surface area (Å²) in [6.45, 7) is 2.61. The Balaban J connectivity index is 2.79. The van der Waals surface area contributed by atoms with Crippen LogP contribution in [0.3, 0.4) is 0 Å². The lowest BCUT2D eigenvalue weighted by molar-refractivity contribution is 0.871. The number of aromatic amines is 1. The highest BCUT2D eigenvalue weighted by Gasteiger charge is 2.04. The zero-order valence-corrected chi connectivity index (χ0v) is 8.11. The van der Waals surface area contributed by atoms with Crippen LogP contribution < -0.4 is 5.73 Å². The van der Waals surface area contributed by atoms with Crippen LogP contribution in [0.1, 0.15) is 24.9 Å². The van der Waals surface area contributed by atoms with Gasteiger partial charge in [0.1, 0.15) is 10.4 Å². The van der Waals surface area contributed by atoms with E-state index >= 15 is 0 Å². The molecule has 0 saturated heterocycles. The fourth-order valence-electron chi connectivity index (χ4n) is 0.952. The van der Waals surface area contributed by atoms with Gasteiger partial charge in [0.2, 0.25) is 0 Å². The Kier molecular flexibility index (Phi) is 3.08. The summed E-state index contributed by atoms with van der Waals surface area (Å²) in [7, 11) is 0. The van der Waals surface area contributed by atoms with Crippen molar-refractivity contribution in [3.8, 4) is 0 Å². The maximum Gasteiger partial charge on any atom is 0.127 e. The summed E-state index contributed by atoms with van der Waals surface area (Å²) < 4.78 is 0.903. The third-order valence-electron chi connectivity index (χ3n) is 1.47. The molecular weight excluding hydrogens is 206 g/mol. The van der Waals surface area contributed by atoms with Crippen LogP contribution in [-0.2, 0) is 13.0 Å². The number of hydrogen-bond donors (Lipinski definition) is 2. The van der Waals surface area contributed by atoms with Crippen LogP contribution in [0, 0.1) is 0 Å². The van der Waals surface area contributed by atoms with Crippen LogP contribution in [0.4, 0.5) is 0 Å². The zero-order valence-electron chi connectivity index (χ0n) is 6.52. The van der Waals surface area contributed by atoms with E-state index in [1.807, 2.05) is 0 Å². The summed E-state index contributed by atoms with van der Waals surface area (Å²) >= 11 is 3.36. The maximum absolute atomic E-state index is 5.41. The molecule has 0 saturated carbocycles. The van der Waals surface area contributed by atoms with Crippen molar-refractivity contribution in [1.29, 1.82) is 0 Å². The summed E-state index contributed by atoms with van der Waals surface area (Å²) in [5.41, 5.74) is 6.56. The molecule has 11 heavy (non-hydrogen) atoms. The smallest absolute Gasteiger partial charge is 0.127 e. The van der Waals surface area contributed by atoms with E-state index in [4.69, 9.17) is 5.73 Å². The van der Waals surface area contributed by atoms with Gasteiger partial charge in [-0.25, -0.2) is 4.98 Å². The van der Waals surface area contributed by atoms with Crippen molar-refractivity contribution >= 4 is 15.9 Å². The molecule has 1 aromatic heterocycles. The van der Waals surface area contributed by atoms with E-state index in [-0.39, 0.29) is 0 Å². The molecule has 1 aromatic rings. The Morgan fingerprint density at radius 3 is 2.82 bits per heavy atom. The maximum atomic E-state index is 5.41. The Bertz CT molecular complexity index is 232. The minimum atomic E-state index is 0.475. The third kappa shape index (κ3) is 2.04. The van der Waals surface area contributed by atoms with Gasteiger partial charge in [-0.1, -0.05) is 13.3 Å². The zero-order chi connectivity index (χ0) is 8.27. The van der Waals surface area contributed by atoms with Gasteiger partial charge in [0.15, 0.2) is 0 Å². The monoisotopic (exact) mass is 217 g/mol. The molecule has 0 unspecified atom stereocenters. The molecule has 3 nitrogen and oxygen atoms in total. The molecule has 0 aromatic carbocycles. The molecule has 0 radical (unpaired) electrons. The fourth-order valence-corrected chi connectivity index (χ4v) is 1.46. The molecule has 0 aliphatic carbocycles. The molecule has 3 N–H and O–H groups in total. The Morgan fingerprint density at radius 1 is 1.64 bits per heavy atom. The SMILES string of the molecule is CCCc1[nH]c(CN)nc1Br. The molecule has 62 valence electrons. The average molecular weight is 218 g/mol. The summed E-state index contributed by atoms with van der Waals surface area (Å²) in [6.07, 6.45) is 2.14. The first-order valence-electron chi connectivity index (χ1n) is 3.71. The molecule has 0 atom stereocenters. The molecule has 0 aliphatic rings. The third-order valence-corrected chi connectivity index (χ3v) is 2.13. The molecule has 0 spiro atoms. The van der Waals surface area contributed by atoms with Crippen LogP contribution in [-0.4, -0.2) is 9.97 Å². The first-order valence-corrected chi connectivity index (χ1v) is 4.50. The largest absolute Gasteiger partial charge is 0.344 e. The van der Waals surface area contributed by atoms with Gasteiger partial charge in [0, 0.05) is 5.69 Å². The Hall–Kier alpha value is -0.350. The topological polar surface area (TPSA) is 54.7 Å². The lowest BCUT2D eigenvalue weighted by Crippen LogP contribution is -1.98. The standard InChI is InChI=1S/C7H12BrN3/c1-2-3-5-7(8)11-6(4-9)10-5/h2-4,9H2,1H3,(H,10,11). The van der Waals surface area contributed by atoms with Gasteiger partial charge in [-0.15, -0.1) is 0 Å². The predicted octanol–water partition coefficient (Wildman–Crippen LogP) is 1.58. The number of aryl methyl sites for hydroxylation is 1. The number of halogens is 1. The number of aromatic nitrogens is 2. The van der Waals surface area contributed by atoms with Gasteiger partial charge in [-0.05, 0) is 22.4 Å². The molecular formula is C7H12BrN3. The van der Waals surface area contributed by atoms with E-state index in [9.17, 15) is 0 Å². The number of nitrogens with one attached hydrogen (secondary N) is 1. The Labute approximate surface area is 74.5 Å². The number of nitrogens with two attached hydrogens (primary N) is 1. The predicted molar refractivity (Wildman–Crippen MR) is 48.2 cm³/mol. The second-order valence-electron chi connectivity index (χ2n) is 2.41. The lowest BCUT2D eigenvalue weighted by Gasteiger charge is -1.91. The Morgan fingerprint density at radius 2 is 2.36 bits per heavy atom. The number of nitrogens with zero attached hydrogens (tertiary/aromatic N) is 1. The molecule has 4 heteroatoms. The molecule has 0 amide bonds. The summed E-state index contributed by atoms with van der Waals surface area (Å²) in [6, 6.07) is 0. The number of rotatable bonds is 3. The van der Waals surface area contributed by atoms with Crippen LogP contribution in [0.2, 0.25) is 0 Å². The van der Waals surface area contributed by atoms with Gasteiger partial charge in [0.05, 0.1) is 6.54 Å². The fraction of sp³-hybridized carbons (Fsp3) is 0.571. The van der Waals surface area contributed by atoms with Crippen LogP contribution in [0.25, 0.3) is 0 Å². The highest BCUT2D eigenvalue weighted by atomic mass is 79.9. The van der Waals surface area contributed by atoms with Gasteiger partial charge >= 0.3 is 0 Å². The van der Waals surface area contributed by atoms with Gasteiger partial charge in [0.25, 0.3) is 0 Å². The molecule has 0 aliphatic heterocycles. The quantitative estimate of drug-likeness (QED) is 0.809. The highest BCUT2D eigenvalue weighted by molar-refractivity contribution is 9.10. The number of H-pyrrole nitrogens is 1. The van der Waals surface area contributed by atoms with E-state index in [0.717, 1.165) is 29.0 Å². The molecule has 0 fully saturated rings. The highest BCUT2D eigenvalue weighted by Crippen LogP contribution is 2.14. The van der Waals surface area contributed by atoms with E-state index in [0.29, 0.717) is 6.54 Å². The number of imidazole rings is 1. The normalized spacial score (nSPS) is 10.5. The van der Waals surface area contributed by atoms with Gasteiger partial charge in [-0.2, -0.15) is 0 Å².